The van der Waals surface area contributed by atoms with E-state index in [-0.39, 0.29) is 11.9 Å². The first-order chi connectivity index (χ1) is 13.4. The first-order valence-electron chi connectivity index (χ1n) is 9.00. The number of carbonyl (C=O) groups excluding carboxylic acids is 2. The lowest BCUT2D eigenvalue weighted by Crippen LogP contribution is -2.36. The van der Waals surface area contributed by atoms with Crippen LogP contribution in [-0.4, -0.2) is 25.2 Å². The van der Waals surface area contributed by atoms with Gasteiger partial charge in [-0.2, -0.15) is 0 Å². The highest BCUT2D eigenvalue weighted by Crippen LogP contribution is 2.15. The number of hydrogen-bond donors (Lipinski definition) is 0. The summed E-state index contributed by atoms with van der Waals surface area (Å²) >= 11 is 0. The molecule has 146 valence electrons. The van der Waals surface area contributed by atoms with Crippen molar-refractivity contribution in [2.75, 3.05) is 13.2 Å². The first-order valence-corrected chi connectivity index (χ1v) is 9.00. The van der Waals surface area contributed by atoms with Gasteiger partial charge in [-0.15, -0.1) is 0 Å². The van der Waals surface area contributed by atoms with Crippen molar-refractivity contribution in [2.24, 2.45) is 0 Å². The fourth-order valence-corrected chi connectivity index (χ4v) is 2.33. The van der Waals surface area contributed by atoms with E-state index in [1.54, 1.807) is 13.8 Å². The monoisotopic (exact) mass is 382 g/mol. The standard InChI is InChI=1S/C22H26N2O4/c1-17(2)21(25)27-15-13-23-9-5-19(6-10-23)20-7-11-24(12-8-20)14-16-28-22(26)18(3)4/h5-12H,1,3,13-16H2,2,4H3/q+2. The summed E-state index contributed by atoms with van der Waals surface area (Å²) in [6.45, 7) is 12.1. The summed E-state index contributed by atoms with van der Waals surface area (Å²) in [5.74, 6) is -0.742. The maximum atomic E-state index is 11.4. The van der Waals surface area contributed by atoms with Gasteiger partial charge in [0.25, 0.3) is 0 Å². The molecule has 0 aliphatic rings. The van der Waals surface area contributed by atoms with Crippen LogP contribution < -0.4 is 9.13 Å². The normalized spacial score (nSPS) is 10.2. The zero-order valence-corrected chi connectivity index (χ0v) is 16.4. The van der Waals surface area contributed by atoms with Gasteiger partial charge in [0.2, 0.25) is 0 Å². The van der Waals surface area contributed by atoms with Crippen molar-refractivity contribution in [3.63, 3.8) is 0 Å². The first kappa shape index (κ1) is 21.0. The number of ether oxygens (including phenoxy) is 2. The molecule has 6 nitrogen and oxygen atoms in total. The SMILES string of the molecule is C=C(C)C(=O)OCC[n+]1ccc(-c2cc[n+](CCOC(=O)C(=C)C)cc2)cc1. The van der Waals surface area contributed by atoms with Crippen LogP contribution in [0, 0.1) is 0 Å². The van der Waals surface area contributed by atoms with E-state index in [1.807, 2.05) is 58.2 Å². The van der Waals surface area contributed by atoms with Crippen LogP contribution in [0.2, 0.25) is 0 Å². The molecule has 2 heterocycles. The van der Waals surface area contributed by atoms with Crippen molar-refractivity contribution in [3.8, 4) is 11.1 Å². The molecular weight excluding hydrogens is 356 g/mol. The van der Waals surface area contributed by atoms with Gasteiger partial charge in [0.15, 0.2) is 51.1 Å². The van der Waals surface area contributed by atoms with Gasteiger partial charge in [0, 0.05) is 35.4 Å². The van der Waals surface area contributed by atoms with Gasteiger partial charge in [0.1, 0.15) is 0 Å². The second-order valence-corrected chi connectivity index (χ2v) is 6.48. The third kappa shape index (κ3) is 6.46. The lowest BCUT2D eigenvalue weighted by molar-refractivity contribution is -0.698. The average molecular weight is 382 g/mol. The third-order valence-corrected chi connectivity index (χ3v) is 3.98. The molecule has 2 aromatic heterocycles. The number of pyridine rings is 2. The zero-order valence-electron chi connectivity index (χ0n) is 16.4. The molecule has 2 aromatic rings. The molecule has 0 aromatic carbocycles. The number of carbonyl (C=O) groups is 2. The number of aromatic nitrogens is 2. The van der Waals surface area contributed by atoms with E-state index in [0.29, 0.717) is 37.4 Å². The van der Waals surface area contributed by atoms with Gasteiger partial charge in [0.05, 0.1) is 0 Å². The molecule has 0 radical (unpaired) electrons. The Hall–Kier alpha value is -3.28. The molecule has 2 rings (SSSR count). The summed E-state index contributed by atoms with van der Waals surface area (Å²) in [6, 6.07) is 8.04. The van der Waals surface area contributed by atoms with E-state index in [4.69, 9.17) is 9.47 Å². The maximum Gasteiger partial charge on any atom is 0.333 e. The second-order valence-electron chi connectivity index (χ2n) is 6.48. The molecule has 0 aliphatic carbocycles. The minimum Gasteiger partial charge on any atom is -0.456 e. The van der Waals surface area contributed by atoms with Crippen LogP contribution in [0.25, 0.3) is 11.1 Å². The van der Waals surface area contributed by atoms with Crippen molar-refractivity contribution < 1.29 is 28.2 Å². The van der Waals surface area contributed by atoms with Gasteiger partial charge >= 0.3 is 11.9 Å². The summed E-state index contributed by atoms with van der Waals surface area (Å²) < 4.78 is 14.1. The predicted octanol–water partition coefficient (Wildman–Crippen LogP) is 2.17. The van der Waals surface area contributed by atoms with Gasteiger partial charge in [-0.05, 0) is 25.0 Å². The van der Waals surface area contributed by atoms with Crippen molar-refractivity contribution >= 4 is 11.9 Å². The molecule has 0 unspecified atom stereocenters. The van der Waals surface area contributed by atoms with E-state index in [1.165, 1.54) is 0 Å². The molecule has 0 atom stereocenters. The smallest absolute Gasteiger partial charge is 0.333 e. The molecule has 0 aliphatic heterocycles. The average Bonchev–Trinajstić information content (AvgIpc) is 2.68. The fraction of sp³-hybridized carbons (Fsp3) is 0.273. The number of hydrogen-bond acceptors (Lipinski definition) is 4. The van der Waals surface area contributed by atoms with E-state index in [9.17, 15) is 9.59 Å². The molecule has 0 bridgehead atoms. The van der Waals surface area contributed by atoms with Crippen molar-refractivity contribution in [1.82, 2.24) is 0 Å². The second kappa shape index (κ2) is 10.2. The van der Waals surface area contributed by atoms with E-state index in [0.717, 1.165) is 11.1 Å². The number of esters is 2. The quantitative estimate of drug-likeness (QED) is 0.379. The van der Waals surface area contributed by atoms with Crippen LogP contribution in [0.5, 0.6) is 0 Å². The molecule has 0 saturated heterocycles. The highest BCUT2D eigenvalue weighted by molar-refractivity contribution is 5.87. The Kier molecular flexibility index (Phi) is 7.63. The van der Waals surface area contributed by atoms with Crippen LogP contribution in [0.1, 0.15) is 13.8 Å². The number of rotatable bonds is 9. The maximum absolute atomic E-state index is 11.4. The molecule has 6 heteroatoms. The summed E-state index contributed by atoms with van der Waals surface area (Å²) in [7, 11) is 0. The molecule has 0 spiro atoms. The lowest BCUT2D eigenvalue weighted by atomic mass is 10.1. The lowest BCUT2D eigenvalue weighted by Gasteiger charge is -2.04. The predicted molar refractivity (Wildman–Crippen MR) is 104 cm³/mol. The molecule has 0 saturated carbocycles. The molecule has 0 N–H and O–H groups in total. The summed E-state index contributed by atoms with van der Waals surface area (Å²) in [6.07, 6.45) is 7.79. The van der Waals surface area contributed by atoms with E-state index in [2.05, 4.69) is 13.2 Å². The van der Waals surface area contributed by atoms with Crippen LogP contribution in [0.15, 0.2) is 73.4 Å². The minimum atomic E-state index is -0.371. The Labute approximate surface area is 165 Å². The Balaban J connectivity index is 1.86. The van der Waals surface area contributed by atoms with Crippen molar-refractivity contribution in [1.29, 1.82) is 0 Å². The van der Waals surface area contributed by atoms with E-state index >= 15 is 0 Å². The largest absolute Gasteiger partial charge is 0.456 e. The van der Waals surface area contributed by atoms with Gasteiger partial charge in [-0.25, -0.2) is 18.7 Å². The molecular formula is C22H26N2O4+2. The Morgan fingerprint density at radius 1 is 0.750 bits per heavy atom. The van der Waals surface area contributed by atoms with Crippen LogP contribution in [-0.2, 0) is 32.2 Å². The third-order valence-electron chi connectivity index (χ3n) is 3.98. The summed E-state index contributed by atoms with van der Waals surface area (Å²) in [4.78, 5) is 22.7. The zero-order chi connectivity index (χ0) is 20.5. The van der Waals surface area contributed by atoms with Gasteiger partial charge < -0.3 is 9.47 Å². The highest BCUT2D eigenvalue weighted by Gasteiger charge is 2.09. The molecule has 0 fully saturated rings. The molecule has 0 amide bonds. The van der Waals surface area contributed by atoms with Crippen LogP contribution >= 0.6 is 0 Å². The minimum absolute atomic E-state index is 0.303. The fourth-order valence-electron chi connectivity index (χ4n) is 2.33. The van der Waals surface area contributed by atoms with E-state index < -0.39 is 0 Å². The van der Waals surface area contributed by atoms with Gasteiger partial charge in [-0.3, -0.25) is 0 Å². The topological polar surface area (TPSA) is 60.4 Å². The Morgan fingerprint density at radius 3 is 1.36 bits per heavy atom. The summed E-state index contributed by atoms with van der Waals surface area (Å²) in [5.41, 5.74) is 2.96. The van der Waals surface area contributed by atoms with Crippen molar-refractivity contribution in [2.45, 2.75) is 26.9 Å². The number of nitrogens with zero attached hydrogens (tertiary/aromatic N) is 2. The molecule has 28 heavy (non-hydrogen) atoms. The van der Waals surface area contributed by atoms with Crippen molar-refractivity contribution in [3.05, 3.63) is 73.4 Å². The summed E-state index contributed by atoms with van der Waals surface area (Å²) in [5, 5.41) is 0. The van der Waals surface area contributed by atoms with Gasteiger partial charge in [-0.1, -0.05) is 13.2 Å². The van der Waals surface area contributed by atoms with Crippen LogP contribution in [0.4, 0.5) is 0 Å². The van der Waals surface area contributed by atoms with Crippen LogP contribution in [0.3, 0.4) is 0 Å². The Bertz CT molecular complexity index is 782. The highest BCUT2D eigenvalue weighted by atomic mass is 16.5. The Morgan fingerprint density at radius 2 is 1.07 bits per heavy atom.